The summed E-state index contributed by atoms with van der Waals surface area (Å²) in [6, 6.07) is 7.14. The van der Waals surface area contributed by atoms with Crippen LogP contribution in [0, 0.1) is 0 Å². The number of fused-ring (bicyclic) bond motifs is 1. The number of aromatic amines is 1. The van der Waals surface area contributed by atoms with Gasteiger partial charge < -0.3 is 9.72 Å². The highest BCUT2D eigenvalue weighted by molar-refractivity contribution is 7.99. The number of thioether (sulfide) groups is 1. The van der Waals surface area contributed by atoms with E-state index < -0.39 is 0 Å². The Balaban J connectivity index is 2.15. The second-order valence-corrected chi connectivity index (χ2v) is 4.65. The number of ether oxygens (including phenoxy) is 1. The van der Waals surface area contributed by atoms with Crippen LogP contribution >= 0.6 is 11.8 Å². The molecule has 2 aromatic rings. The third-order valence-electron chi connectivity index (χ3n) is 2.36. The topological polar surface area (TPSA) is 72.0 Å². The van der Waals surface area contributed by atoms with E-state index >= 15 is 0 Å². The van der Waals surface area contributed by atoms with Crippen molar-refractivity contribution in [3.05, 3.63) is 34.6 Å². The maximum absolute atomic E-state index is 11.8. The second-order valence-electron chi connectivity index (χ2n) is 3.56. The normalized spacial score (nSPS) is 10.5. The minimum Gasteiger partial charge on any atom is -0.469 e. The molecular formula is C12H12N2O3S. The Morgan fingerprint density at radius 2 is 2.22 bits per heavy atom. The summed E-state index contributed by atoms with van der Waals surface area (Å²) in [5, 5.41) is 1.08. The van der Waals surface area contributed by atoms with E-state index in [9.17, 15) is 9.59 Å². The van der Waals surface area contributed by atoms with Gasteiger partial charge in [0.25, 0.3) is 5.56 Å². The van der Waals surface area contributed by atoms with Crippen LogP contribution in [0.1, 0.15) is 6.42 Å². The van der Waals surface area contributed by atoms with E-state index in [1.54, 1.807) is 18.2 Å². The van der Waals surface area contributed by atoms with Crippen LogP contribution in [0.25, 0.3) is 10.9 Å². The molecule has 5 nitrogen and oxygen atoms in total. The van der Waals surface area contributed by atoms with Crippen LogP contribution < -0.4 is 5.56 Å². The van der Waals surface area contributed by atoms with Crippen molar-refractivity contribution in [3.63, 3.8) is 0 Å². The molecule has 18 heavy (non-hydrogen) atoms. The highest BCUT2D eigenvalue weighted by Crippen LogP contribution is 2.15. The first-order valence-corrected chi connectivity index (χ1v) is 6.38. The minimum atomic E-state index is -0.273. The van der Waals surface area contributed by atoms with Crippen LogP contribution in [0.3, 0.4) is 0 Å². The third-order valence-corrected chi connectivity index (χ3v) is 3.24. The van der Waals surface area contributed by atoms with Crippen molar-refractivity contribution >= 4 is 28.6 Å². The Morgan fingerprint density at radius 3 is 3.00 bits per heavy atom. The average molecular weight is 264 g/mol. The SMILES string of the molecule is COC(=O)CCSc1nc2ccccc2c(=O)[nH]1. The van der Waals surface area contributed by atoms with Crippen molar-refractivity contribution in [1.29, 1.82) is 0 Å². The molecule has 2 rings (SSSR count). The van der Waals surface area contributed by atoms with Gasteiger partial charge in [-0.2, -0.15) is 0 Å². The number of methoxy groups -OCH3 is 1. The fraction of sp³-hybridized carbons (Fsp3) is 0.250. The van der Waals surface area contributed by atoms with Gasteiger partial charge in [-0.3, -0.25) is 9.59 Å². The summed E-state index contributed by atoms with van der Waals surface area (Å²) in [6.07, 6.45) is 0.289. The molecule has 0 aliphatic carbocycles. The number of benzene rings is 1. The minimum absolute atomic E-state index is 0.166. The molecule has 0 bridgehead atoms. The van der Waals surface area contributed by atoms with Gasteiger partial charge in [0, 0.05) is 5.75 Å². The lowest BCUT2D eigenvalue weighted by Gasteiger charge is -2.02. The molecule has 0 saturated heterocycles. The van der Waals surface area contributed by atoms with Gasteiger partial charge in [0.15, 0.2) is 5.16 Å². The number of esters is 1. The molecule has 0 aliphatic rings. The van der Waals surface area contributed by atoms with Crippen molar-refractivity contribution in [3.8, 4) is 0 Å². The van der Waals surface area contributed by atoms with E-state index in [-0.39, 0.29) is 17.9 Å². The molecule has 0 spiro atoms. The van der Waals surface area contributed by atoms with Gasteiger partial charge in [0.1, 0.15) is 0 Å². The van der Waals surface area contributed by atoms with E-state index in [0.29, 0.717) is 21.8 Å². The van der Waals surface area contributed by atoms with E-state index in [1.165, 1.54) is 18.9 Å². The number of H-pyrrole nitrogens is 1. The maximum atomic E-state index is 11.8. The molecule has 0 amide bonds. The number of nitrogens with one attached hydrogen (secondary N) is 1. The van der Waals surface area contributed by atoms with Crippen molar-refractivity contribution < 1.29 is 9.53 Å². The van der Waals surface area contributed by atoms with Crippen LogP contribution in [0.15, 0.2) is 34.2 Å². The monoisotopic (exact) mass is 264 g/mol. The number of para-hydroxylation sites is 1. The summed E-state index contributed by atoms with van der Waals surface area (Å²) >= 11 is 1.33. The molecule has 0 fully saturated rings. The molecular weight excluding hydrogens is 252 g/mol. The highest BCUT2D eigenvalue weighted by Gasteiger charge is 2.05. The fourth-order valence-corrected chi connectivity index (χ4v) is 2.26. The summed E-state index contributed by atoms with van der Waals surface area (Å²) in [6.45, 7) is 0. The Morgan fingerprint density at radius 1 is 1.44 bits per heavy atom. The molecule has 0 atom stereocenters. The van der Waals surface area contributed by atoms with Crippen LogP contribution in [0.5, 0.6) is 0 Å². The molecule has 1 heterocycles. The average Bonchev–Trinajstić information content (AvgIpc) is 2.38. The maximum Gasteiger partial charge on any atom is 0.306 e. The van der Waals surface area contributed by atoms with Gasteiger partial charge in [-0.15, -0.1) is 0 Å². The number of carbonyl (C=O) groups is 1. The summed E-state index contributed by atoms with van der Waals surface area (Å²) in [5.41, 5.74) is 0.489. The lowest BCUT2D eigenvalue weighted by atomic mass is 10.2. The van der Waals surface area contributed by atoms with E-state index in [2.05, 4.69) is 14.7 Å². The molecule has 0 radical (unpaired) electrons. The molecule has 0 aliphatic heterocycles. The van der Waals surface area contributed by atoms with Crippen LogP contribution in [0.4, 0.5) is 0 Å². The quantitative estimate of drug-likeness (QED) is 0.515. The van der Waals surface area contributed by atoms with Gasteiger partial charge in [0.2, 0.25) is 0 Å². The number of hydrogen-bond donors (Lipinski definition) is 1. The molecule has 1 aromatic heterocycles. The van der Waals surface area contributed by atoms with E-state index in [4.69, 9.17) is 0 Å². The first kappa shape index (κ1) is 12.6. The summed E-state index contributed by atoms with van der Waals surface area (Å²) in [4.78, 5) is 29.7. The van der Waals surface area contributed by atoms with Gasteiger partial charge in [-0.25, -0.2) is 4.98 Å². The zero-order chi connectivity index (χ0) is 13.0. The molecule has 1 N–H and O–H groups in total. The zero-order valence-electron chi connectivity index (χ0n) is 9.80. The number of aromatic nitrogens is 2. The van der Waals surface area contributed by atoms with Gasteiger partial charge in [0.05, 0.1) is 24.4 Å². The van der Waals surface area contributed by atoms with Gasteiger partial charge >= 0.3 is 5.97 Å². The number of carbonyl (C=O) groups excluding carboxylic acids is 1. The predicted octanol–water partition coefficient (Wildman–Crippen LogP) is 1.58. The Bertz CT molecular complexity index is 624. The lowest BCUT2D eigenvalue weighted by Crippen LogP contribution is -2.09. The Hall–Kier alpha value is -1.82. The Labute approximate surface area is 108 Å². The summed E-state index contributed by atoms with van der Waals surface area (Å²) < 4.78 is 4.54. The van der Waals surface area contributed by atoms with Crippen molar-refractivity contribution in [2.75, 3.05) is 12.9 Å². The van der Waals surface area contributed by atoms with E-state index in [0.717, 1.165) is 0 Å². The summed E-state index contributed by atoms with van der Waals surface area (Å²) in [7, 11) is 1.35. The molecule has 0 saturated carbocycles. The second kappa shape index (κ2) is 5.68. The highest BCUT2D eigenvalue weighted by atomic mass is 32.2. The number of nitrogens with zero attached hydrogens (tertiary/aromatic N) is 1. The van der Waals surface area contributed by atoms with Crippen LogP contribution in [-0.4, -0.2) is 28.8 Å². The van der Waals surface area contributed by atoms with Gasteiger partial charge in [-0.05, 0) is 12.1 Å². The molecule has 1 aromatic carbocycles. The standard InChI is InChI=1S/C12H12N2O3S/c1-17-10(15)6-7-18-12-13-9-5-3-2-4-8(9)11(16)14-12/h2-5H,6-7H2,1H3,(H,13,14,16). The van der Waals surface area contributed by atoms with Crippen molar-refractivity contribution in [1.82, 2.24) is 9.97 Å². The van der Waals surface area contributed by atoms with Gasteiger partial charge in [-0.1, -0.05) is 23.9 Å². The largest absolute Gasteiger partial charge is 0.469 e. The fourth-order valence-electron chi connectivity index (χ4n) is 1.47. The smallest absolute Gasteiger partial charge is 0.306 e. The molecule has 0 unspecified atom stereocenters. The summed E-state index contributed by atoms with van der Waals surface area (Å²) in [5.74, 6) is 0.249. The third kappa shape index (κ3) is 2.89. The first-order chi connectivity index (χ1) is 8.70. The molecule has 94 valence electrons. The number of hydrogen-bond acceptors (Lipinski definition) is 5. The first-order valence-electron chi connectivity index (χ1n) is 5.39. The van der Waals surface area contributed by atoms with E-state index in [1.807, 2.05) is 6.07 Å². The predicted molar refractivity (Wildman–Crippen MR) is 69.7 cm³/mol. The van der Waals surface area contributed by atoms with Crippen molar-refractivity contribution in [2.24, 2.45) is 0 Å². The van der Waals surface area contributed by atoms with Crippen molar-refractivity contribution in [2.45, 2.75) is 11.6 Å². The zero-order valence-corrected chi connectivity index (χ0v) is 10.6. The number of rotatable bonds is 4. The lowest BCUT2D eigenvalue weighted by molar-refractivity contribution is -0.140. The van der Waals surface area contributed by atoms with Crippen LogP contribution in [0.2, 0.25) is 0 Å². The Kier molecular flexibility index (Phi) is 3.99. The molecule has 6 heteroatoms. The van der Waals surface area contributed by atoms with Crippen LogP contribution in [-0.2, 0) is 9.53 Å².